The molecule has 1 saturated heterocycles. The lowest BCUT2D eigenvalue weighted by Crippen LogP contribution is -2.40. The minimum absolute atomic E-state index is 0.0454. The summed E-state index contributed by atoms with van der Waals surface area (Å²) in [5.41, 5.74) is 4.60. The Morgan fingerprint density at radius 2 is 1.88 bits per heavy atom. The number of alkyl halides is 1. The molecule has 33 heavy (non-hydrogen) atoms. The van der Waals surface area contributed by atoms with Crippen LogP contribution >= 0.6 is 11.8 Å². The van der Waals surface area contributed by atoms with Crippen molar-refractivity contribution in [2.24, 2.45) is 9.98 Å². The minimum atomic E-state index is 0.0454. The molecule has 0 unspecified atom stereocenters. The van der Waals surface area contributed by atoms with Crippen LogP contribution in [0.25, 0.3) is 0 Å². The molecule has 5 nitrogen and oxygen atoms in total. The van der Waals surface area contributed by atoms with E-state index >= 15 is 0 Å². The zero-order valence-electron chi connectivity index (χ0n) is 19.6. The van der Waals surface area contributed by atoms with Gasteiger partial charge in [-0.15, -0.1) is 0 Å². The van der Waals surface area contributed by atoms with Gasteiger partial charge in [0, 0.05) is 25.2 Å². The first-order valence-corrected chi connectivity index (χ1v) is 11.7. The van der Waals surface area contributed by atoms with E-state index in [2.05, 4.69) is 18.7 Å². The first-order valence-electron chi connectivity index (χ1n) is 10.9. The molecule has 1 fully saturated rings. The number of carbonyl (C=O) groups is 1. The van der Waals surface area contributed by atoms with Crippen molar-refractivity contribution in [3.8, 4) is 0 Å². The van der Waals surface area contributed by atoms with Crippen molar-refractivity contribution >= 4 is 34.1 Å². The summed E-state index contributed by atoms with van der Waals surface area (Å²) in [6.45, 7) is 10.9. The first kappa shape index (κ1) is 26.5. The second-order valence-corrected chi connectivity index (χ2v) is 8.27. The fourth-order valence-corrected chi connectivity index (χ4v) is 3.88. The van der Waals surface area contributed by atoms with Crippen LogP contribution in [-0.2, 0) is 11.2 Å². The molecule has 1 amide bonds. The summed E-state index contributed by atoms with van der Waals surface area (Å²) in [4.78, 5) is 24.1. The van der Waals surface area contributed by atoms with Gasteiger partial charge in [-0.3, -0.25) is 19.2 Å². The van der Waals surface area contributed by atoms with Crippen LogP contribution in [0.5, 0.6) is 0 Å². The number of aliphatic imine (C=N–C) groups is 2. The molecule has 7 heteroatoms. The zero-order chi connectivity index (χ0) is 24.1. The van der Waals surface area contributed by atoms with E-state index in [1.165, 1.54) is 17.3 Å². The van der Waals surface area contributed by atoms with Crippen molar-refractivity contribution in [3.63, 3.8) is 0 Å². The minimum Gasteiger partial charge on any atom is -0.378 e. The number of thioether (sulfide) groups is 1. The Labute approximate surface area is 200 Å². The van der Waals surface area contributed by atoms with Gasteiger partial charge in [0.2, 0.25) is 0 Å². The molecule has 1 heterocycles. The van der Waals surface area contributed by atoms with Gasteiger partial charge in [0.05, 0.1) is 31.8 Å². The van der Waals surface area contributed by atoms with Crippen LogP contribution in [0.4, 0.5) is 10.1 Å². The Kier molecular flexibility index (Phi) is 11.6. The van der Waals surface area contributed by atoms with Gasteiger partial charge in [-0.2, -0.15) is 0 Å². The monoisotopic (exact) mass is 469 g/mol. The Morgan fingerprint density at radius 3 is 2.52 bits per heavy atom. The van der Waals surface area contributed by atoms with Crippen LogP contribution in [0.1, 0.15) is 28.4 Å². The van der Waals surface area contributed by atoms with Crippen molar-refractivity contribution in [3.05, 3.63) is 77.2 Å². The van der Waals surface area contributed by atoms with Crippen LogP contribution in [0.2, 0.25) is 0 Å². The SMILES string of the molecule is C=CSC(=NCCc1ccccc1)C(C)=Nc1ccc(C(=O)N2CCOCC2)cc1C.CF. The number of nitrogens with zero attached hydrogens (tertiary/aromatic N) is 3. The maximum absolute atomic E-state index is 12.7. The number of hydrogen-bond acceptors (Lipinski definition) is 5. The van der Waals surface area contributed by atoms with Crippen LogP contribution in [0.15, 0.2) is 70.5 Å². The highest BCUT2D eigenvalue weighted by Crippen LogP contribution is 2.22. The van der Waals surface area contributed by atoms with Gasteiger partial charge in [0.25, 0.3) is 5.91 Å². The summed E-state index contributed by atoms with van der Waals surface area (Å²) in [6, 6.07) is 16.0. The first-order chi connectivity index (χ1) is 16.1. The summed E-state index contributed by atoms with van der Waals surface area (Å²) >= 11 is 1.48. The Morgan fingerprint density at radius 1 is 1.18 bits per heavy atom. The van der Waals surface area contributed by atoms with E-state index in [0.29, 0.717) is 45.6 Å². The van der Waals surface area contributed by atoms with E-state index in [9.17, 15) is 9.18 Å². The molecule has 0 saturated carbocycles. The van der Waals surface area contributed by atoms with Crippen LogP contribution < -0.4 is 0 Å². The van der Waals surface area contributed by atoms with E-state index in [-0.39, 0.29) is 5.91 Å². The van der Waals surface area contributed by atoms with Gasteiger partial charge in [-0.05, 0) is 55.0 Å². The summed E-state index contributed by atoms with van der Waals surface area (Å²) in [6.07, 6.45) is 0.882. The van der Waals surface area contributed by atoms with Gasteiger partial charge >= 0.3 is 0 Å². The number of aryl methyl sites for hydroxylation is 1. The number of rotatable bonds is 7. The quantitative estimate of drug-likeness (QED) is 0.388. The molecule has 0 spiro atoms. The maximum Gasteiger partial charge on any atom is 0.254 e. The van der Waals surface area contributed by atoms with E-state index in [1.54, 1.807) is 5.41 Å². The molecule has 0 radical (unpaired) electrons. The number of amides is 1. The van der Waals surface area contributed by atoms with Crippen molar-refractivity contribution in [1.29, 1.82) is 0 Å². The lowest BCUT2D eigenvalue weighted by Gasteiger charge is -2.27. The number of benzene rings is 2. The molecule has 2 aromatic rings. The van der Waals surface area contributed by atoms with E-state index < -0.39 is 0 Å². The molecule has 0 aromatic heterocycles. The smallest absolute Gasteiger partial charge is 0.254 e. The van der Waals surface area contributed by atoms with E-state index in [0.717, 1.165) is 28.4 Å². The third kappa shape index (κ3) is 8.26. The summed E-state index contributed by atoms with van der Waals surface area (Å²) in [5, 5.41) is 2.64. The highest BCUT2D eigenvalue weighted by molar-refractivity contribution is 8.18. The fraction of sp³-hybridized carbons (Fsp3) is 0.346. The molecule has 0 atom stereocenters. The Bertz CT molecular complexity index is 971. The van der Waals surface area contributed by atoms with Gasteiger partial charge in [0.1, 0.15) is 5.04 Å². The van der Waals surface area contributed by atoms with E-state index in [1.807, 2.05) is 55.1 Å². The third-order valence-corrected chi connectivity index (χ3v) is 5.85. The Balaban J connectivity index is 0.00000187. The maximum atomic E-state index is 12.7. The number of carbonyl (C=O) groups excluding carboxylic acids is 1. The van der Waals surface area contributed by atoms with E-state index in [4.69, 9.17) is 14.7 Å². The lowest BCUT2D eigenvalue weighted by atomic mass is 10.1. The number of morpholine rings is 1. The van der Waals surface area contributed by atoms with Crippen LogP contribution in [-0.4, -0.2) is 61.6 Å². The number of halogens is 1. The number of ether oxygens (including phenoxy) is 1. The molecule has 1 aliphatic rings. The molecule has 0 bridgehead atoms. The molecule has 0 N–H and O–H groups in total. The normalized spacial score (nSPS) is 14.4. The van der Waals surface area contributed by atoms with Crippen molar-refractivity contribution < 1.29 is 13.9 Å². The van der Waals surface area contributed by atoms with Gasteiger partial charge in [-0.1, -0.05) is 48.7 Å². The fourth-order valence-electron chi connectivity index (χ4n) is 3.34. The predicted octanol–water partition coefficient (Wildman–Crippen LogP) is 5.66. The Hall–Kier alpha value is -2.77. The summed E-state index contributed by atoms with van der Waals surface area (Å²) in [7, 11) is 0.500. The predicted molar refractivity (Wildman–Crippen MR) is 138 cm³/mol. The third-order valence-electron chi connectivity index (χ3n) is 5.03. The van der Waals surface area contributed by atoms with Crippen molar-refractivity contribution in [2.75, 3.05) is 40.0 Å². The molecule has 3 rings (SSSR count). The molecular formula is C26H32FN3O2S. The number of hydrogen-bond donors (Lipinski definition) is 0. The zero-order valence-corrected chi connectivity index (χ0v) is 20.4. The van der Waals surface area contributed by atoms with Gasteiger partial charge in [0.15, 0.2) is 0 Å². The van der Waals surface area contributed by atoms with Gasteiger partial charge in [-0.25, -0.2) is 0 Å². The van der Waals surface area contributed by atoms with Crippen LogP contribution in [0, 0.1) is 6.92 Å². The second kappa shape index (κ2) is 14.4. The summed E-state index contributed by atoms with van der Waals surface area (Å²) < 4.78 is 14.8. The van der Waals surface area contributed by atoms with Crippen molar-refractivity contribution in [1.82, 2.24) is 4.90 Å². The molecular weight excluding hydrogens is 437 g/mol. The largest absolute Gasteiger partial charge is 0.378 e. The second-order valence-electron chi connectivity index (χ2n) is 7.31. The lowest BCUT2D eigenvalue weighted by molar-refractivity contribution is 0.0303. The molecule has 176 valence electrons. The summed E-state index contributed by atoms with van der Waals surface area (Å²) in [5.74, 6) is 0.0454. The average Bonchev–Trinajstić information content (AvgIpc) is 2.86. The average molecular weight is 470 g/mol. The standard InChI is InChI=1S/C25H29N3O2S.CH3F/c1-4-31-24(26-13-12-21-8-6-5-7-9-21)20(3)27-23-11-10-22(18-19(23)2)25(29)28-14-16-30-17-15-28;1-2/h4-11,18H,1,12-17H2,2-3H3;1H3. The van der Waals surface area contributed by atoms with Gasteiger partial charge < -0.3 is 9.64 Å². The van der Waals surface area contributed by atoms with Crippen molar-refractivity contribution in [2.45, 2.75) is 20.3 Å². The molecule has 1 aliphatic heterocycles. The topological polar surface area (TPSA) is 54.3 Å². The highest BCUT2D eigenvalue weighted by atomic mass is 32.2. The molecule has 2 aromatic carbocycles. The highest BCUT2D eigenvalue weighted by Gasteiger charge is 2.19. The van der Waals surface area contributed by atoms with Crippen LogP contribution in [0.3, 0.4) is 0 Å². The molecule has 0 aliphatic carbocycles.